The first kappa shape index (κ1) is 22.2. The highest BCUT2D eigenvalue weighted by Gasteiger charge is 2.21. The lowest BCUT2D eigenvalue weighted by Gasteiger charge is -2.16. The molecule has 0 bridgehead atoms. The van der Waals surface area contributed by atoms with E-state index < -0.39 is 0 Å². The summed E-state index contributed by atoms with van der Waals surface area (Å²) in [5, 5.41) is 6.58. The highest BCUT2D eigenvalue weighted by Crippen LogP contribution is 2.40. The van der Waals surface area contributed by atoms with Gasteiger partial charge in [0.15, 0.2) is 0 Å². The number of hydrogen-bond acceptors (Lipinski definition) is 1. The molecule has 0 unspecified atom stereocenters. The van der Waals surface area contributed by atoms with E-state index in [1.54, 1.807) is 0 Å². The molecular formula is C37H26N2S. The van der Waals surface area contributed by atoms with Gasteiger partial charge >= 0.3 is 0 Å². The van der Waals surface area contributed by atoms with E-state index in [0.29, 0.717) is 0 Å². The number of aromatic nitrogens is 2. The molecule has 5 aromatic carbocycles. The van der Waals surface area contributed by atoms with E-state index in [0.717, 1.165) is 12.8 Å². The molecule has 2 nitrogen and oxygen atoms in total. The van der Waals surface area contributed by atoms with Crippen LogP contribution < -0.4 is 0 Å². The van der Waals surface area contributed by atoms with Gasteiger partial charge in [0.05, 0.1) is 16.6 Å². The third kappa shape index (κ3) is 3.04. The number of rotatable bonds is 2. The Labute approximate surface area is 236 Å². The Morgan fingerprint density at radius 2 is 1.15 bits per heavy atom. The summed E-state index contributed by atoms with van der Waals surface area (Å²) in [4.78, 5) is 0. The van der Waals surface area contributed by atoms with Crippen LogP contribution in [-0.4, -0.2) is 9.13 Å². The lowest BCUT2D eigenvalue weighted by Crippen LogP contribution is -2.04. The Morgan fingerprint density at radius 1 is 0.525 bits per heavy atom. The van der Waals surface area contributed by atoms with Crippen LogP contribution in [0.5, 0.6) is 0 Å². The molecule has 3 heterocycles. The fraction of sp³-hybridized carbons (Fsp3) is 0.0811. The van der Waals surface area contributed by atoms with Crippen LogP contribution in [0.4, 0.5) is 0 Å². The van der Waals surface area contributed by atoms with E-state index in [-0.39, 0.29) is 0 Å². The van der Waals surface area contributed by atoms with Crippen molar-refractivity contribution in [3.8, 4) is 11.4 Å². The minimum atomic E-state index is 1.07. The minimum Gasteiger partial charge on any atom is -0.313 e. The van der Waals surface area contributed by atoms with Gasteiger partial charge in [0.25, 0.3) is 0 Å². The molecule has 0 atom stereocenters. The summed E-state index contributed by atoms with van der Waals surface area (Å²) in [5.41, 5.74) is 10.5. The predicted octanol–water partition coefficient (Wildman–Crippen LogP) is 10.4. The number of para-hydroxylation sites is 2. The van der Waals surface area contributed by atoms with Gasteiger partial charge in [-0.1, -0.05) is 66.2 Å². The van der Waals surface area contributed by atoms with Gasteiger partial charge in [0, 0.05) is 59.0 Å². The fourth-order valence-electron chi connectivity index (χ4n) is 6.89. The average molecular weight is 531 g/mol. The lowest BCUT2D eigenvalue weighted by molar-refractivity contribution is 0.857. The molecule has 9 rings (SSSR count). The van der Waals surface area contributed by atoms with Crippen molar-refractivity contribution in [2.75, 3.05) is 0 Å². The van der Waals surface area contributed by atoms with E-state index in [1.807, 2.05) is 11.3 Å². The standard InChI is InChI=1S/C37H26N2S/c1-23-14-17-34-29(20-23)26-8-2-5-11-32(26)38(34)24-15-18-35-30(21-24)27-9-3-6-12-33(27)39(35)25-16-19-37-31(22-25)28-10-4-7-13-36(28)40-37/h2-13,15-16,18-22H,14,17H2,1H3. The van der Waals surface area contributed by atoms with Gasteiger partial charge in [-0.3, -0.25) is 0 Å². The zero-order valence-electron chi connectivity index (χ0n) is 22.2. The first-order valence-corrected chi connectivity index (χ1v) is 14.8. The molecule has 3 heteroatoms. The summed E-state index contributed by atoms with van der Waals surface area (Å²) in [6.45, 7) is 2.26. The normalized spacial score (nSPS) is 13.6. The Kier molecular flexibility index (Phi) is 4.56. The molecule has 1 aliphatic carbocycles. The lowest BCUT2D eigenvalue weighted by atomic mass is 9.97. The highest BCUT2D eigenvalue weighted by atomic mass is 32.1. The van der Waals surface area contributed by atoms with Crippen molar-refractivity contribution in [1.29, 1.82) is 0 Å². The zero-order valence-corrected chi connectivity index (χ0v) is 23.0. The van der Waals surface area contributed by atoms with Crippen LogP contribution in [0.25, 0.3) is 70.3 Å². The number of hydrogen-bond donors (Lipinski definition) is 0. The van der Waals surface area contributed by atoms with Crippen molar-refractivity contribution in [3.05, 3.63) is 126 Å². The van der Waals surface area contributed by atoms with Gasteiger partial charge in [-0.15, -0.1) is 11.3 Å². The Balaban J connectivity index is 1.32. The van der Waals surface area contributed by atoms with Crippen molar-refractivity contribution < 1.29 is 0 Å². The molecule has 0 saturated heterocycles. The second-order valence-electron chi connectivity index (χ2n) is 11.0. The molecule has 0 N–H and O–H groups in total. The molecular weight excluding hydrogens is 504 g/mol. The van der Waals surface area contributed by atoms with Gasteiger partial charge in [-0.05, 0) is 74.4 Å². The van der Waals surface area contributed by atoms with E-state index in [1.165, 1.54) is 81.1 Å². The largest absolute Gasteiger partial charge is 0.313 e. The SMILES string of the molecule is CC1=Cc2c(n(-c3ccc4c(c3)c3ccccc3n4-c3ccc4sc5ccccc5c4c3)c3ccccc23)CC1. The molecule has 0 radical (unpaired) electrons. The number of fused-ring (bicyclic) bond motifs is 9. The topological polar surface area (TPSA) is 9.86 Å². The molecule has 0 aliphatic heterocycles. The highest BCUT2D eigenvalue weighted by molar-refractivity contribution is 7.25. The van der Waals surface area contributed by atoms with E-state index >= 15 is 0 Å². The van der Waals surface area contributed by atoms with Gasteiger partial charge in [0.2, 0.25) is 0 Å². The van der Waals surface area contributed by atoms with Crippen molar-refractivity contribution in [2.24, 2.45) is 0 Å². The fourth-order valence-corrected chi connectivity index (χ4v) is 7.97. The van der Waals surface area contributed by atoms with Gasteiger partial charge in [-0.2, -0.15) is 0 Å². The van der Waals surface area contributed by atoms with Gasteiger partial charge < -0.3 is 9.13 Å². The minimum absolute atomic E-state index is 1.07. The van der Waals surface area contributed by atoms with Crippen molar-refractivity contribution in [1.82, 2.24) is 9.13 Å². The van der Waals surface area contributed by atoms with E-state index in [9.17, 15) is 0 Å². The molecule has 3 aromatic heterocycles. The Morgan fingerprint density at radius 3 is 2.02 bits per heavy atom. The van der Waals surface area contributed by atoms with Crippen LogP contribution in [0, 0.1) is 0 Å². The van der Waals surface area contributed by atoms with Crippen molar-refractivity contribution in [3.63, 3.8) is 0 Å². The van der Waals surface area contributed by atoms with E-state index in [4.69, 9.17) is 0 Å². The van der Waals surface area contributed by atoms with Gasteiger partial charge in [-0.25, -0.2) is 0 Å². The number of nitrogens with zero attached hydrogens (tertiary/aromatic N) is 2. The molecule has 1 aliphatic rings. The van der Waals surface area contributed by atoms with Crippen LogP contribution in [0.3, 0.4) is 0 Å². The Bertz CT molecular complexity index is 2340. The van der Waals surface area contributed by atoms with Crippen LogP contribution in [0.2, 0.25) is 0 Å². The predicted molar refractivity (Wildman–Crippen MR) is 172 cm³/mol. The van der Waals surface area contributed by atoms with Crippen molar-refractivity contribution in [2.45, 2.75) is 19.8 Å². The summed E-state index contributed by atoms with van der Waals surface area (Å²) in [6, 6.07) is 40.4. The summed E-state index contributed by atoms with van der Waals surface area (Å²) in [6.07, 6.45) is 4.58. The van der Waals surface area contributed by atoms with Crippen LogP contribution in [0.15, 0.2) is 115 Å². The van der Waals surface area contributed by atoms with Crippen LogP contribution >= 0.6 is 11.3 Å². The quantitative estimate of drug-likeness (QED) is 0.210. The van der Waals surface area contributed by atoms with Crippen LogP contribution in [-0.2, 0) is 6.42 Å². The molecule has 0 fully saturated rings. The number of thiophene rings is 1. The molecule has 0 spiro atoms. The second-order valence-corrected chi connectivity index (χ2v) is 12.1. The van der Waals surface area contributed by atoms with E-state index in [2.05, 4.69) is 131 Å². The average Bonchev–Trinajstić information content (AvgIpc) is 3.64. The third-order valence-corrected chi connectivity index (χ3v) is 9.85. The smallest absolute Gasteiger partial charge is 0.0542 e. The second kappa shape index (κ2) is 8.20. The summed E-state index contributed by atoms with van der Waals surface area (Å²) in [5.74, 6) is 0. The first-order chi connectivity index (χ1) is 19.7. The summed E-state index contributed by atoms with van der Waals surface area (Å²) >= 11 is 1.87. The first-order valence-electron chi connectivity index (χ1n) is 14.0. The maximum atomic E-state index is 2.50. The maximum absolute atomic E-state index is 2.50. The zero-order chi connectivity index (χ0) is 26.4. The molecule has 0 saturated carbocycles. The Hall–Kier alpha value is -4.60. The van der Waals surface area contributed by atoms with Gasteiger partial charge in [0.1, 0.15) is 0 Å². The number of benzene rings is 5. The molecule has 40 heavy (non-hydrogen) atoms. The monoisotopic (exact) mass is 530 g/mol. The summed E-state index contributed by atoms with van der Waals surface area (Å²) in [7, 11) is 0. The third-order valence-electron chi connectivity index (χ3n) is 8.70. The van der Waals surface area contributed by atoms with Crippen LogP contribution in [0.1, 0.15) is 24.6 Å². The van der Waals surface area contributed by atoms with Crippen molar-refractivity contribution >= 4 is 70.3 Å². The summed E-state index contributed by atoms with van der Waals surface area (Å²) < 4.78 is 7.62. The molecule has 8 aromatic rings. The number of allylic oxidation sites excluding steroid dienone is 1. The molecule has 0 amide bonds. The molecule has 190 valence electrons. The maximum Gasteiger partial charge on any atom is 0.0542 e.